The van der Waals surface area contributed by atoms with E-state index < -0.39 is 16.0 Å². The third-order valence-corrected chi connectivity index (χ3v) is 6.30. The number of rotatable bonds is 6. The monoisotopic (exact) mass is 407 g/mol. The van der Waals surface area contributed by atoms with Crippen molar-refractivity contribution in [3.8, 4) is 11.9 Å². The third kappa shape index (κ3) is 4.39. The molecule has 28 heavy (non-hydrogen) atoms. The maximum absolute atomic E-state index is 12.8. The van der Waals surface area contributed by atoms with Gasteiger partial charge >= 0.3 is 12.0 Å². The van der Waals surface area contributed by atoms with E-state index in [2.05, 4.69) is 14.7 Å². The maximum Gasteiger partial charge on any atom is 0.337 e. The summed E-state index contributed by atoms with van der Waals surface area (Å²) >= 11 is 0. The first-order chi connectivity index (χ1) is 13.4. The van der Waals surface area contributed by atoms with Crippen molar-refractivity contribution in [3.05, 3.63) is 42.1 Å². The number of piperidine rings is 1. The molecule has 3 rings (SSSR count). The SMILES string of the molecule is COC(=O)c1ccc(S(=O)(=O)N2CCC(Oc3ccnc(OC)n3)CC2)cc1. The molecule has 0 saturated carbocycles. The molecule has 0 atom stereocenters. The van der Waals surface area contributed by atoms with E-state index in [9.17, 15) is 13.2 Å². The van der Waals surface area contributed by atoms with Crippen LogP contribution in [0.2, 0.25) is 0 Å². The summed E-state index contributed by atoms with van der Waals surface area (Å²) in [4.78, 5) is 19.7. The Morgan fingerprint density at radius 3 is 2.39 bits per heavy atom. The lowest BCUT2D eigenvalue weighted by Crippen LogP contribution is -2.41. The van der Waals surface area contributed by atoms with Gasteiger partial charge in [0, 0.05) is 25.4 Å². The van der Waals surface area contributed by atoms with Gasteiger partial charge in [0.05, 0.1) is 24.7 Å². The second-order valence-corrected chi connectivity index (χ2v) is 8.06. The molecule has 0 spiro atoms. The molecule has 9 nitrogen and oxygen atoms in total. The number of ether oxygens (including phenoxy) is 3. The van der Waals surface area contributed by atoms with Gasteiger partial charge in [-0.15, -0.1) is 0 Å². The van der Waals surface area contributed by atoms with Crippen molar-refractivity contribution >= 4 is 16.0 Å². The van der Waals surface area contributed by atoms with Crippen LogP contribution in [0.25, 0.3) is 0 Å². The molecule has 2 aromatic rings. The quantitative estimate of drug-likeness (QED) is 0.663. The van der Waals surface area contributed by atoms with E-state index in [0.29, 0.717) is 37.4 Å². The lowest BCUT2D eigenvalue weighted by atomic mass is 10.1. The molecule has 150 valence electrons. The zero-order valence-electron chi connectivity index (χ0n) is 15.6. The Hall–Kier alpha value is -2.72. The molecule has 2 heterocycles. The van der Waals surface area contributed by atoms with Crippen molar-refractivity contribution in [2.45, 2.75) is 23.8 Å². The molecule has 1 fully saturated rings. The number of methoxy groups -OCH3 is 2. The van der Waals surface area contributed by atoms with Gasteiger partial charge in [0.2, 0.25) is 15.9 Å². The molecule has 1 aromatic heterocycles. The highest BCUT2D eigenvalue weighted by molar-refractivity contribution is 7.89. The Morgan fingerprint density at radius 1 is 1.11 bits per heavy atom. The first-order valence-corrected chi connectivity index (χ1v) is 10.1. The third-order valence-electron chi connectivity index (χ3n) is 4.39. The molecule has 0 N–H and O–H groups in total. The fraction of sp³-hybridized carbons (Fsp3) is 0.389. The number of carbonyl (C=O) groups is 1. The first-order valence-electron chi connectivity index (χ1n) is 8.66. The largest absolute Gasteiger partial charge is 0.474 e. The van der Waals surface area contributed by atoms with Crippen molar-refractivity contribution in [1.82, 2.24) is 14.3 Å². The zero-order valence-corrected chi connectivity index (χ0v) is 16.4. The minimum Gasteiger partial charge on any atom is -0.474 e. The van der Waals surface area contributed by atoms with E-state index in [1.54, 1.807) is 12.3 Å². The summed E-state index contributed by atoms with van der Waals surface area (Å²) in [6.45, 7) is 0.655. The van der Waals surface area contributed by atoms with Crippen molar-refractivity contribution in [3.63, 3.8) is 0 Å². The lowest BCUT2D eigenvalue weighted by Gasteiger charge is -2.31. The van der Waals surface area contributed by atoms with Gasteiger partial charge in [-0.25, -0.2) is 18.2 Å². The predicted octanol–water partition coefficient (Wildman–Crippen LogP) is 1.50. The maximum atomic E-state index is 12.8. The van der Waals surface area contributed by atoms with Crippen LogP contribution in [-0.4, -0.2) is 62.1 Å². The highest BCUT2D eigenvalue weighted by atomic mass is 32.2. The van der Waals surface area contributed by atoms with Crippen molar-refractivity contribution in [2.75, 3.05) is 27.3 Å². The second-order valence-electron chi connectivity index (χ2n) is 6.12. The van der Waals surface area contributed by atoms with Crippen LogP contribution in [0.1, 0.15) is 23.2 Å². The van der Waals surface area contributed by atoms with Gasteiger partial charge in [-0.3, -0.25) is 0 Å². The van der Waals surface area contributed by atoms with Gasteiger partial charge in [0.1, 0.15) is 6.10 Å². The first kappa shape index (κ1) is 20.0. The number of hydrogen-bond acceptors (Lipinski definition) is 8. The van der Waals surface area contributed by atoms with Crippen molar-refractivity contribution < 1.29 is 27.4 Å². The fourth-order valence-electron chi connectivity index (χ4n) is 2.88. The summed E-state index contributed by atoms with van der Waals surface area (Å²) in [7, 11) is -0.891. The molecule has 1 aromatic carbocycles. The van der Waals surface area contributed by atoms with E-state index in [1.165, 1.54) is 42.8 Å². The van der Waals surface area contributed by atoms with Gasteiger partial charge in [0.25, 0.3) is 0 Å². The van der Waals surface area contributed by atoms with Crippen LogP contribution in [0.4, 0.5) is 0 Å². The Labute approximate surface area is 163 Å². The van der Waals surface area contributed by atoms with E-state index in [0.717, 1.165) is 0 Å². The number of nitrogens with zero attached hydrogens (tertiary/aromatic N) is 3. The van der Waals surface area contributed by atoms with E-state index >= 15 is 0 Å². The highest BCUT2D eigenvalue weighted by Crippen LogP contribution is 2.24. The molecule has 0 bridgehead atoms. The van der Waals surface area contributed by atoms with Crippen LogP contribution in [-0.2, 0) is 14.8 Å². The average Bonchev–Trinajstić information content (AvgIpc) is 2.74. The van der Waals surface area contributed by atoms with Crippen LogP contribution in [0, 0.1) is 0 Å². The van der Waals surface area contributed by atoms with Gasteiger partial charge in [-0.05, 0) is 37.1 Å². The van der Waals surface area contributed by atoms with Crippen LogP contribution in [0.5, 0.6) is 11.9 Å². The van der Waals surface area contributed by atoms with Crippen LogP contribution >= 0.6 is 0 Å². The molecule has 10 heteroatoms. The number of sulfonamides is 1. The minimum atomic E-state index is -3.64. The van der Waals surface area contributed by atoms with E-state index in [-0.39, 0.29) is 17.0 Å². The van der Waals surface area contributed by atoms with Crippen molar-refractivity contribution in [1.29, 1.82) is 0 Å². The molecular formula is C18H21N3O6S. The molecule has 1 aliphatic rings. The standard InChI is InChI=1S/C18H21N3O6S/c1-25-17(22)13-3-5-15(6-4-13)28(23,24)21-11-8-14(9-12-21)27-16-7-10-19-18(20-16)26-2/h3-7,10,14H,8-9,11-12H2,1-2H3. The normalized spacial score (nSPS) is 15.8. The van der Waals surface area contributed by atoms with Crippen molar-refractivity contribution in [2.24, 2.45) is 0 Å². The second kappa shape index (κ2) is 8.53. The number of carbonyl (C=O) groups excluding carboxylic acids is 1. The Kier molecular flexibility index (Phi) is 6.10. The summed E-state index contributed by atoms with van der Waals surface area (Å²) in [5.41, 5.74) is 0.300. The molecule has 0 aliphatic carbocycles. The van der Waals surface area contributed by atoms with Gasteiger partial charge in [-0.2, -0.15) is 9.29 Å². The lowest BCUT2D eigenvalue weighted by molar-refractivity contribution is 0.0600. The summed E-state index contributed by atoms with van der Waals surface area (Å²) in [6.07, 6.45) is 2.46. The Balaban J connectivity index is 1.62. The molecule has 0 unspecified atom stereocenters. The molecular weight excluding hydrogens is 386 g/mol. The number of esters is 1. The Bertz CT molecular complexity index is 925. The van der Waals surface area contributed by atoms with Crippen LogP contribution in [0.3, 0.4) is 0 Å². The predicted molar refractivity (Wildman–Crippen MR) is 98.8 cm³/mol. The molecule has 1 aliphatic heterocycles. The highest BCUT2D eigenvalue weighted by Gasteiger charge is 2.30. The summed E-state index contributed by atoms with van der Waals surface area (Å²) in [5, 5.41) is 0. The molecule has 0 amide bonds. The van der Waals surface area contributed by atoms with Gasteiger partial charge in [0.15, 0.2) is 0 Å². The van der Waals surface area contributed by atoms with Crippen LogP contribution in [0.15, 0.2) is 41.4 Å². The van der Waals surface area contributed by atoms with Gasteiger partial charge in [-0.1, -0.05) is 0 Å². The van der Waals surface area contributed by atoms with Crippen LogP contribution < -0.4 is 9.47 Å². The summed E-state index contributed by atoms with van der Waals surface area (Å²) in [6, 6.07) is 7.56. The minimum absolute atomic E-state index is 0.139. The average molecular weight is 407 g/mol. The van der Waals surface area contributed by atoms with E-state index in [1.807, 2.05) is 0 Å². The fourth-order valence-corrected chi connectivity index (χ4v) is 4.35. The van der Waals surface area contributed by atoms with Gasteiger partial charge < -0.3 is 14.2 Å². The smallest absolute Gasteiger partial charge is 0.337 e. The van der Waals surface area contributed by atoms with E-state index in [4.69, 9.17) is 9.47 Å². The topological polar surface area (TPSA) is 108 Å². The number of aromatic nitrogens is 2. The zero-order chi connectivity index (χ0) is 20.1. The Morgan fingerprint density at radius 2 is 1.79 bits per heavy atom. The molecule has 1 saturated heterocycles. The summed E-state index contributed by atoms with van der Waals surface area (Å²) < 4.78 is 42.5. The number of benzene rings is 1. The molecule has 0 radical (unpaired) electrons. The summed E-state index contributed by atoms with van der Waals surface area (Å²) in [5.74, 6) is -0.116. The number of hydrogen-bond donors (Lipinski definition) is 0.